The van der Waals surface area contributed by atoms with E-state index < -0.39 is 6.10 Å². The van der Waals surface area contributed by atoms with Crippen LogP contribution in [0.25, 0.3) is 0 Å². The molecule has 3 fully saturated rings. The van der Waals surface area contributed by atoms with Gasteiger partial charge in [0.2, 0.25) is 0 Å². The van der Waals surface area contributed by atoms with Crippen LogP contribution in [0.15, 0.2) is 12.2 Å². The number of fused-ring (bicyclic) bond motifs is 1. The summed E-state index contributed by atoms with van der Waals surface area (Å²) in [6.07, 6.45) is 14.9. The molecule has 2 aliphatic heterocycles. The number of rotatable bonds is 10. The quantitative estimate of drug-likeness (QED) is 0.351. The minimum atomic E-state index is -0.430. The van der Waals surface area contributed by atoms with Crippen molar-refractivity contribution in [2.24, 2.45) is 11.8 Å². The van der Waals surface area contributed by atoms with Gasteiger partial charge in [0, 0.05) is 24.9 Å². The fourth-order valence-corrected chi connectivity index (χ4v) is 4.61. The number of hydrogen-bond donors (Lipinski definition) is 1. The summed E-state index contributed by atoms with van der Waals surface area (Å²) in [5.41, 5.74) is 0. The lowest BCUT2D eigenvalue weighted by Crippen LogP contribution is -2.27. The van der Waals surface area contributed by atoms with Crippen LogP contribution in [0, 0.1) is 11.8 Å². The van der Waals surface area contributed by atoms with Crippen molar-refractivity contribution < 1.29 is 24.1 Å². The van der Waals surface area contributed by atoms with Crippen LogP contribution in [0.3, 0.4) is 0 Å². The van der Waals surface area contributed by atoms with Crippen LogP contribution >= 0.6 is 0 Å². The molecule has 0 aromatic carbocycles. The minimum absolute atomic E-state index is 0.0130. The predicted octanol–water partition coefficient (Wildman–Crippen LogP) is 4.13. The summed E-state index contributed by atoms with van der Waals surface area (Å²) in [5.74, 6) is -0.0329. The molecule has 5 nitrogen and oxygen atoms in total. The molecule has 0 bridgehead atoms. The Balaban J connectivity index is 1.55. The average Bonchev–Trinajstić information content (AvgIpc) is 3.15. The van der Waals surface area contributed by atoms with Gasteiger partial charge in [0.25, 0.3) is 0 Å². The van der Waals surface area contributed by atoms with Crippen LogP contribution in [0.4, 0.5) is 0 Å². The van der Waals surface area contributed by atoms with E-state index >= 15 is 0 Å². The molecule has 1 aliphatic carbocycles. The van der Waals surface area contributed by atoms with Gasteiger partial charge in [0.15, 0.2) is 6.29 Å². The van der Waals surface area contributed by atoms with Gasteiger partial charge in [-0.15, -0.1) is 0 Å². The van der Waals surface area contributed by atoms with Gasteiger partial charge in [-0.05, 0) is 25.7 Å². The second kappa shape index (κ2) is 10.6. The first-order valence-electron chi connectivity index (χ1n) is 11.0. The number of carbonyl (C=O) groups excluding carboxylic acids is 1. The highest BCUT2D eigenvalue weighted by atomic mass is 16.7. The zero-order valence-electron chi connectivity index (χ0n) is 16.7. The van der Waals surface area contributed by atoms with Crippen LogP contribution < -0.4 is 0 Å². The lowest BCUT2D eigenvalue weighted by Gasteiger charge is -2.27. The first kappa shape index (κ1) is 20.8. The monoisotopic (exact) mass is 380 g/mol. The number of unbranched alkanes of at least 4 members (excludes halogenated alkanes) is 4. The largest absolute Gasteiger partial charge is 0.462 e. The summed E-state index contributed by atoms with van der Waals surface area (Å²) in [7, 11) is 0. The maximum atomic E-state index is 11.6. The highest BCUT2D eigenvalue weighted by Crippen LogP contribution is 2.42. The first-order valence-corrected chi connectivity index (χ1v) is 11.0. The number of ether oxygens (including phenoxy) is 3. The Hall–Kier alpha value is -0.910. The number of hydrogen-bond acceptors (Lipinski definition) is 5. The molecular weight excluding hydrogens is 344 g/mol. The molecule has 0 spiro atoms. The number of esters is 1. The SMILES string of the molecule is CCCCCCC[C@H](/C=C/[C@@H]1[C@H]2CC(=O)O[C@H]2C[C@H]1O)OC1CCCCO1. The zero-order valence-corrected chi connectivity index (χ0v) is 16.7. The van der Waals surface area contributed by atoms with Crippen LogP contribution in [-0.4, -0.2) is 42.3 Å². The summed E-state index contributed by atoms with van der Waals surface area (Å²) in [4.78, 5) is 11.6. The Bertz CT molecular complexity index is 485. The normalized spacial score (nSPS) is 34.7. The third-order valence-corrected chi connectivity index (χ3v) is 6.18. The molecule has 6 atom stereocenters. The van der Waals surface area contributed by atoms with Crippen molar-refractivity contribution in [3.63, 3.8) is 0 Å². The molecule has 3 rings (SSSR count). The standard InChI is InChI=1S/C22H36O5/c1-2-3-4-5-6-9-16(26-22-10-7-8-13-25-22)11-12-17-18-14-21(24)27-20(18)15-19(17)23/h11-12,16-20,22-23H,2-10,13-15H2,1H3/b12-11+/t16-,17-,18-,19-,20+,22?/m1/s1. The van der Waals surface area contributed by atoms with E-state index in [4.69, 9.17) is 14.2 Å². The molecule has 0 aromatic heterocycles. The molecular formula is C22H36O5. The van der Waals surface area contributed by atoms with Crippen molar-refractivity contribution in [2.45, 2.75) is 102 Å². The third-order valence-electron chi connectivity index (χ3n) is 6.18. The van der Waals surface area contributed by atoms with Crippen molar-refractivity contribution in [2.75, 3.05) is 6.61 Å². The average molecular weight is 381 g/mol. The summed E-state index contributed by atoms with van der Waals surface area (Å²) in [6, 6.07) is 0. The van der Waals surface area contributed by atoms with Crippen LogP contribution in [0.1, 0.15) is 77.6 Å². The van der Waals surface area contributed by atoms with Gasteiger partial charge in [0.1, 0.15) is 6.10 Å². The molecule has 3 aliphatic rings. The highest BCUT2D eigenvalue weighted by molar-refractivity contribution is 5.72. The van der Waals surface area contributed by atoms with E-state index in [-0.39, 0.29) is 36.3 Å². The van der Waals surface area contributed by atoms with Gasteiger partial charge in [-0.1, -0.05) is 51.2 Å². The topological polar surface area (TPSA) is 65.0 Å². The van der Waals surface area contributed by atoms with Gasteiger partial charge in [0.05, 0.1) is 18.6 Å². The van der Waals surface area contributed by atoms with Gasteiger partial charge in [-0.25, -0.2) is 0 Å². The van der Waals surface area contributed by atoms with E-state index in [0.717, 1.165) is 38.7 Å². The molecule has 27 heavy (non-hydrogen) atoms. The van der Waals surface area contributed by atoms with Gasteiger partial charge in [-0.2, -0.15) is 0 Å². The Labute approximate surface area is 163 Å². The van der Waals surface area contributed by atoms with Crippen LogP contribution in [0.2, 0.25) is 0 Å². The number of carbonyl (C=O) groups is 1. The number of aliphatic hydroxyl groups excluding tert-OH is 1. The maximum absolute atomic E-state index is 11.6. The molecule has 1 N–H and O–H groups in total. The zero-order chi connectivity index (χ0) is 19.1. The summed E-state index contributed by atoms with van der Waals surface area (Å²) >= 11 is 0. The summed E-state index contributed by atoms with van der Waals surface area (Å²) < 4.78 is 17.3. The fraction of sp³-hybridized carbons (Fsp3) is 0.864. The van der Waals surface area contributed by atoms with Crippen molar-refractivity contribution >= 4 is 5.97 Å². The lowest BCUT2D eigenvalue weighted by atomic mass is 9.91. The van der Waals surface area contributed by atoms with E-state index in [1.54, 1.807) is 0 Å². The molecule has 2 saturated heterocycles. The number of aliphatic hydroxyl groups is 1. The minimum Gasteiger partial charge on any atom is -0.462 e. The van der Waals surface area contributed by atoms with Crippen molar-refractivity contribution in [1.29, 1.82) is 0 Å². The highest BCUT2D eigenvalue weighted by Gasteiger charge is 2.48. The first-order chi connectivity index (χ1) is 13.2. The predicted molar refractivity (Wildman–Crippen MR) is 103 cm³/mol. The van der Waals surface area contributed by atoms with E-state index in [2.05, 4.69) is 19.1 Å². The molecule has 1 unspecified atom stereocenters. The third kappa shape index (κ3) is 6.03. The Morgan fingerprint density at radius 3 is 2.89 bits per heavy atom. The lowest BCUT2D eigenvalue weighted by molar-refractivity contribution is -0.179. The molecule has 0 radical (unpaired) electrons. The van der Waals surface area contributed by atoms with Gasteiger partial charge in [-0.3, -0.25) is 4.79 Å². The molecule has 1 saturated carbocycles. The Morgan fingerprint density at radius 2 is 2.11 bits per heavy atom. The second-order valence-corrected chi connectivity index (χ2v) is 8.34. The summed E-state index contributed by atoms with van der Waals surface area (Å²) in [5, 5.41) is 10.4. The van der Waals surface area contributed by atoms with Gasteiger partial charge < -0.3 is 19.3 Å². The maximum Gasteiger partial charge on any atom is 0.306 e. The molecule has 154 valence electrons. The van der Waals surface area contributed by atoms with E-state index in [0.29, 0.717) is 12.8 Å². The molecule has 0 aromatic rings. The smallest absolute Gasteiger partial charge is 0.306 e. The molecule has 0 amide bonds. The van der Waals surface area contributed by atoms with E-state index in [9.17, 15) is 9.90 Å². The van der Waals surface area contributed by atoms with E-state index in [1.165, 1.54) is 25.7 Å². The van der Waals surface area contributed by atoms with Crippen molar-refractivity contribution in [3.05, 3.63) is 12.2 Å². The van der Waals surface area contributed by atoms with Crippen LogP contribution in [-0.2, 0) is 19.0 Å². The Morgan fingerprint density at radius 1 is 1.26 bits per heavy atom. The van der Waals surface area contributed by atoms with Gasteiger partial charge >= 0.3 is 5.97 Å². The molecule has 5 heteroatoms. The van der Waals surface area contributed by atoms with Crippen molar-refractivity contribution in [1.82, 2.24) is 0 Å². The second-order valence-electron chi connectivity index (χ2n) is 8.34. The fourth-order valence-electron chi connectivity index (χ4n) is 4.61. The Kier molecular flexibility index (Phi) is 8.16. The van der Waals surface area contributed by atoms with Crippen molar-refractivity contribution in [3.8, 4) is 0 Å². The molecule has 2 heterocycles. The van der Waals surface area contributed by atoms with Crippen LogP contribution in [0.5, 0.6) is 0 Å². The summed E-state index contributed by atoms with van der Waals surface area (Å²) in [6.45, 7) is 3.01. The van der Waals surface area contributed by atoms with E-state index in [1.807, 2.05) is 0 Å².